The highest BCUT2D eigenvalue weighted by atomic mass is 32.2. The number of hydrogen-bond donors (Lipinski definition) is 2. The molecule has 1 heterocycles. The zero-order valence-corrected chi connectivity index (χ0v) is 20.4. The van der Waals surface area contributed by atoms with Crippen molar-refractivity contribution in [2.45, 2.75) is 31.2 Å². The lowest BCUT2D eigenvalue weighted by Crippen LogP contribution is -2.45. The van der Waals surface area contributed by atoms with Crippen molar-refractivity contribution in [2.24, 2.45) is 5.92 Å². The van der Waals surface area contributed by atoms with Crippen LogP contribution in [0.4, 0.5) is 5.69 Å². The average Bonchev–Trinajstić information content (AvgIpc) is 2.87. The molecule has 0 saturated carbocycles. The molecule has 1 saturated heterocycles. The zero-order valence-electron chi connectivity index (χ0n) is 19.6. The Morgan fingerprint density at radius 3 is 2.49 bits per heavy atom. The predicted molar refractivity (Wildman–Crippen MR) is 135 cm³/mol. The van der Waals surface area contributed by atoms with Crippen molar-refractivity contribution in [3.05, 3.63) is 95.6 Å². The number of anilines is 1. The van der Waals surface area contributed by atoms with Gasteiger partial charge in [0.05, 0.1) is 10.8 Å². The van der Waals surface area contributed by atoms with Gasteiger partial charge in [0, 0.05) is 30.9 Å². The molecule has 2 N–H and O–H groups in total. The third-order valence-corrected chi connectivity index (χ3v) is 7.68. The number of aryl methyl sites for hydroxylation is 1. The number of amides is 2. The second kappa shape index (κ2) is 10.7. The van der Waals surface area contributed by atoms with Gasteiger partial charge in [0.2, 0.25) is 5.91 Å². The topological polar surface area (TPSA) is 95.6 Å². The summed E-state index contributed by atoms with van der Waals surface area (Å²) in [4.78, 5) is 27.8. The molecule has 4 rings (SSSR count). The highest BCUT2D eigenvalue weighted by Gasteiger charge is 2.29. The minimum atomic E-state index is -3.79. The standard InChI is InChI=1S/C27H29N3O4S/c1-20-9-5-6-15-25(20)35(33,34)29-24-14-7-12-22(17-24)27(32)30-16-8-13-23(19-30)26(31)28-18-21-10-3-2-4-11-21/h2-7,9-12,14-15,17,23,29H,8,13,16,18-19H2,1H3,(H,28,31)/t23-/m0/s1. The number of nitrogens with zero attached hydrogens (tertiary/aromatic N) is 1. The first-order valence-corrected chi connectivity index (χ1v) is 13.1. The Morgan fingerprint density at radius 2 is 1.71 bits per heavy atom. The number of benzene rings is 3. The summed E-state index contributed by atoms with van der Waals surface area (Å²) in [5.74, 6) is -0.562. The number of sulfonamides is 1. The minimum absolute atomic E-state index is 0.0638. The van der Waals surface area contributed by atoms with E-state index in [9.17, 15) is 18.0 Å². The van der Waals surface area contributed by atoms with Gasteiger partial charge in [-0.15, -0.1) is 0 Å². The fourth-order valence-electron chi connectivity index (χ4n) is 4.27. The summed E-state index contributed by atoms with van der Waals surface area (Å²) in [6.07, 6.45) is 1.45. The van der Waals surface area contributed by atoms with Gasteiger partial charge in [-0.2, -0.15) is 0 Å². The molecule has 8 heteroatoms. The van der Waals surface area contributed by atoms with Gasteiger partial charge in [0.1, 0.15) is 0 Å². The van der Waals surface area contributed by atoms with Crippen molar-refractivity contribution in [1.82, 2.24) is 10.2 Å². The summed E-state index contributed by atoms with van der Waals surface area (Å²) in [5, 5.41) is 2.97. The third kappa shape index (κ3) is 6.08. The Hall–Kier alpha value is -3.65. The van der Waals surface area contributed by atoms with Gasteiger partial charge in [-0.25, -0.2) is 8.42 Å². The fourth-order valence-corrected chi connectivity index (χ4v) is 5.57. The number of hydrogen-bond acceptors (Lipinski definition) is 4. The maximum atomic E-state index is 13.2. The summed E-state index contributed by atoms with van der Waals surface area (Å²) in [7, 11) is -3.79. The first-order chi connectivity index (χ1) is 16.8. The lowest BCUT2D eigenvalue weighted by atomic mass is 9.96. The van der Waals surface area contributed by atoms with E-state index < -0.39 is 10.0 Å². The van der Waals surface area contributed by atoms with Crippen LogP contribution >= 0.6 is 0 Å². The van der Waals surface area contributed by atoms with E-state index in [1.807, 2.05) is 30.3 Å². The molecule has 1 atom stereocenters. The molecule has 35 heavy (non-hydrogen) atoms. The SMILES string of the molecule is Cc1ccccc1S(=O)(=O)Nc1cccc(C(=O)N2CCC[C@H](C(=O)NCc3ccccc3)C2)c1. The van der Waals surface area contributed by atoms with E-state index in [1.165, 1.54) is 6.07 Å². The van der Waals surface area contributed by atoms with Crippen LogP contribution in [0.15, 0.2) is 83.8 Å². The van der Waals surface area contributed by atoms with Crippen molar-refractivity contribution >= 4 is 27.5 Å². The lowest BCUT2D eigenvalue weighted by molar-refractivity contribution is -0.126. The van der Waals surface area contributed by atoms with E-state index in [4.69, 9.17) is 0 Å². The van der Waals surface area contributed by atoms with E-state index in [0.717, 1.165) is 18.4 Å². The van der Waals surface area contributed by atoms with Crippen LogP contribution in [0.1, 0.15) is 34.3 Å². The highest BCUT2D eigenvalue weighted by Crippen LogP contribution is 2.23. The molecular formula is C27H29N3O4S. The molecule has 1 aliphatic heterocycles. The molecule has 3 aromatic rings. The van der Waals surface area contributed by atoms with E-state index in [0.29, 0.717) is 36.4 Å². The lowest BCUT2D eigenvalue weighted by Gasteiger charge is -2.32. The summed E-state index contributed by atoms with van der Waals surface area (Å²) >= 11 is 0. The average molecular weight is 492 g/mol. The van der Waals surface area contributed by atoms with Gasteiger partial charge < -0.3 is 10.2 Å². The van der Waals surface area contributed by atoms with Gasteiger partial charge >= 0.3 is 0 Å². The summed E-state index contributed by atoms with van der Waals surface area (Å²) in [6.45, 7) is 3.07. The van der Waals surface area contributed by atoms with Crippen LogP contribution in [0.3, 0.4) is 0 Å². The first-order valence-electron chi connectivity index (χ1n) is 11.6. The molecule has 0 spiro atoms. The number of likely N-dealkylation sites (tertiary alicyclic amines) is 1. The predicted octanol–water partition coefficient (Wildman–Crippen LogP) is 3.96. The molecule has 0 unspecified atom stereocenters. The normalized spacial score (nSPS) is 15.9. The second-order valence-corrected chi connectivity index (χ2v) is 10.4. The van der Waals surface area contributed by atoms with E-state index in [1.54, 1.807) is 54.3 Å². The van der Waals surface area contributed by atoms with Gasteiger partial charge in [-0.1, -0.05) is 54.6 Å². The largest absolute Gasteiger partial charge is 0.352 e. The first kappa shape index (κ1) is 24.5. The monoisotopic (exact) mass is 491 g/mol. The molecule has 1 fully saturated rings. The highest BCUT2D eigenvalue weighted by molar-refractivity contribution is 7.92. The van der Waals surface area contributed by atoms with Crippen molar-refractivity contribution in [3.8, 4) is 0 Å². The zero-order chi connectivity index (χ0) is 24.8. The molecule has 182 valence electrons. The summed E-state index contributed by atoms with van der Waals surface area (Å²) in [5.41, 5.74) is 2.35. The summed E-state index contributed by atoms with van der Waals surface area (Å²) in [6, 6.07) is 22.9. The van der Waals surface area contributed by atoms with Crippen LogP contribution in [-0.4, -0.2) is 38.2 Å². The maximum Gasteiger partial charge on any atom is 0.262 e. The van der Waals surface area contributed by atoms with Gasteiger partial charge in [-0.05, 0) is 55.2 Å². The minimum Gasteiger partial charge on any atom is -0.352 e. The molecule has 0 radical (unpaired) electrons. The Bertz CT molecular complexity index is 1310. The molecule has 0 bridgehead atoms. The van der Waals surface area contributed by atoms with Gasteiger partial charge in [0.15, 0.2) is 0 Å². The Morgan fingerprint density at radius 1 is 0.971 bits per heavy atom. The van der Waals surface area contributed by atoms with Crippen molar-refractivity contribution < 1.29 is 18.0 Å². The van der Waals surface area contributed by atoms with Crippen LogP contribution in [-0.2, 0) is 21.4 Å². The summed E-state index contributed by atoms with van der Waals surface area (Å²) < 4.78 is 28.2. The molecule has 7 nitrogen and oxygen atoms in total. The van der Waals surface area contributed by atoms with Crippen LogP contribution in [0.5, 0.6) is 0 Å². The van der Waals surface area contributed by atoms with Gasteiger partial charge in [-0.3, -0.25) is 14.3 Å². The fraction of sp³-hybridized carbons (Fsp3) is 0.259. The van der Waals surface area contributed by atoms with Crippen LogP contribution in [0.2, 0.25) is 0 Å². The van der Waals surface area contributed by atoms with Crippen molar-refractivity contribution in [3.63, 3.8) is 0 Å². The number of carbonyl (C=O) groups is 2. The molecule has 2 amide bonds. The molecular weight excluding hydrogens is 462 g/mol. The number of carbonyl (C=O) groups excluding carboxylic acids is 2. The molecule has 1 aliphatic rings. The quantitative estimate of drug-likeness (QED) is 0.523. The molecule has 0 aromatic heterocycles. The van der Waals surface area contributed by atoms with E-state index >= 15 is 0 Å². The van der Waals surface area contributed by atoms with Crippen molar-refractivity contribution in [1.29, 1.82) is 0 Å². The Balaban J connectivity index is 1.41. The van der Waals surface area contributed by atoms with Crippen LogP contribution in [0, 0.1) is 12.8 Å². The van der Waals surface area contributed by atoms with Crippen molar-refractivity contribution in [2.75, 3.05) is 17.8 Å². The van der Waals surface area contributed by atoms with Crippen LogP contribution in [0.25, 0.3) is 0 Å². The molecule has 3 aromatic carbocycles. The van der Waals surface area contributed by atoms with E-state index in [-0.39, 0.29) is 22.6 Å². The van der Waals surface area contributed by atoms with E-state index in [2.05, 4.69) is 10.0 Å². The Kier molecular flexibility index (Phi) is 7.51. The number of piperidine rings is 1. The second-order valence-electron chi connectivity index (χ2n) is 8.75. The van der Waals surface area contributed by atoms with Crippen LogP contribution < -0.4 is 10.0 Å². The maximum absolute atomic E-state index is 13.2. The van der Waals surface area contributed by atoms with Gasteiger partial charge in [0.25, 0.3) is 15.9 Å². The Labute approximate surface area is 206 Å². The smallest absolute Gasteiger partial charge is 0.262 e. The number of rotatable bonds is 7. The third-order valence-electron chi connectivity index (χ3n) is 6.13. The molecule has 0 aliphatic carbocycles. The number of nitrogens with one attached hydrogen (secondary N) is 2.